The fourth-order valence-corrected chi connectivity index (χ4v) is 2.77. The second-order valence-corrected chi connectivity index (χ2v) is 5.08. The number of benzene rings is 2. The summed E-state index contributed by atoms with van der Waals surface area (Å²) in [6, 6.07) is 14.6. The molecule has 2 aromatic rings. The predicted molar refractivity (Wildman–Crippen MR) is 84.7 cm³/mol. The van der Waals surface area contributed by atoms with E-state index in [0.717, 1.165) is 12.0 Å². The summed E-state index contributed by atoms with van der Waals surface area (Å²) < 4.78 is 5.21. The molecule has 0 saturated carbocycles. The quantitative estimate of drug-likeness (QED) is 0.890. The smallest absolute Gasteiger partial charge is 0.137 e. The first-order valence-corrected chi connectivity index (χ1v) is 7.17. The van der Waals surface area contributed by atoms with Gasteiger partial charge in [-0.05, 0) is 42.3 Å². The highest BCUT2D eigenvalue weighted by atomic mass is 35.5. The molecule has 0 spiro atoms. The molecule has 3 heteroatoms. The van der Waals surface area contributed by atoms with E-state index in [2.05, 4.69) is 42.6 Å². The van der Waals surface area contributed by atoms with Crippen molar-refractivity contribution in [3.8, 4) is 5.75 Å². The Bertz CT molecular complexity index is 583. The van der Waals surface area contributed by atoms with Gasteiger partial charge >= 0.3 is 0 Å². The summed E-state index contributed by atoms with van der Waals surface area (Å²) in [5.41, 5.74) is 3.77. The Morgan fingerprint density at radius 2 is 1.95 bits per heavy atom. The lowest BCUT2D eigenvalue weighted by Crippen LogP contribution is -2.19. The molecule has 0 aromatic heterocycles. The van der Waals surface area contributed by atoms with Gasteiger partial charge < -0.3 is 10.1 Å². The molecule has 1 N–H and O–H groups in total. The summed E-state index contributed by atoms with van der Waals surface area (Å²) in [6.07, 6.45) is 1.01. The van der Waals surface area contributed by atoms with E-state index in [9.17, 15) is 0 Å². The van der Waals surface area contributed by atoms with Gasteiger partial charge in [0.2, 0.25) is 0 Å². The largest absolute Gasteiger partial charge is 0.495 e. The first-order chi connectivity index (χ1) is 9.71. The Morgan fingerprint density at radius 3 is 2.55 bits per heavy atom. The molecule has 106 valence electrons. The minimum Gasteiger partial charge on any atom is -0.495 e. The average molecular weight is 290 g/mol. The molecule has 0 amide bonds. The molecule has 1 atom stereocenters. The molecule has 0 radical (unpaired) electrons. The zero-order valence-corrected chi connectivity index (χ0v) is 12.9. The lowest BCUT2D eigenvalue weighted by atomic mass is 9.93. The van der Waals surface area contributed by atoms with Gasteiger partial charge in [-0.1, -0.05) is 48.9 Å². The normalized spacial score (nSPS) is 12.2. The molecule has 0 heterocycles. The van der Waals surface area contributed by atoms with Gasteiger partial charge in [-0.25, -0.2) is 0 Å². The van der Waals surface area contributed by atoms with E-state index < -0.39 is 0 Å². The molecule has 2 aromatic carbocycles. The van der Waals surface area contributed by atoms with Crippen molar-refractivity contribution in [2.45, 2.75) is 19.4 Å². The summed E-state index contributed by atoms with van der Waals surface area (Å²) in [5.74, 6) is 0.703. The second kappa shape index (κ2) is 6.78. The summed E-state index contributed by atoms with van der Waals surface area (Å²) in [7, 11) is 3.60. The van der Waals surface area contributed by atoms with Crippen molar-refractivity contribution >= 4 is 11.6 Å². The minimum atomic E-state index is 0.134. The maximum atomic E-state index is 6.24. The van der Waals surface area contributed by atoms with Crippen molar-refractivity contribution in [2.24, 2.45) is 0 Å². The molecule has 0 aliphatic carbocycles. The fourth-order valence-electron chi connectivity index (χ4n) is 2.50. The monoisotopic (exact) mass is 289 g/mol. The van der Waals surface area contributed by atoms with Crippen molar-refractivity contribution in [1.29, 1.82) is 0 Å². The third kappa shape index (κ3) is 2.97. The standard InChI is InChI=1S/C17H20ClNO/c1-4-12-7-5-6-8-14(12)17(19-2)13-9-10-16(20-3)15(18)11-13/h5-11,17,19H,4H2,1-3H3. The van der Waals surface area contributed by atoms with Crippen molar-refractivity contribution < 1.29 is 4.74 Å². The number of aryl methyl sites for hydroxylation is 1. The van der Waals surface area contributed by atoms with Crippen LogP contribution in [0.15, 0.2) is 42.5 Å². The maximum absolute atomic E-state index is 6.24. The zero-order chi connectivity index (χ0) is 14.5. The molecular formula is C17H20ClNO. The van der Waals surface area contributed by atoms with Crippen molar-refractivity contribution in [3.63, 3.8) is 0 Å². The van der Waals surface area contributed by atoms with E-state index in [0.29, 0.717) is 10.8 Å². The molecule has 0 aliphatic rings. The number of halogens is 1. The third-order valence-electron chi connectivity index (χ3n) is 3.54. The van der Waals surface area contributed by atoms with E-state index in [1.807, 2.05) is 19.2 Å². The van der Waals surface area contributed by atoms with Gasteiger partial charge in [-0.3, -0.25) is 0 Å². The van der Waals surface area contributed by atoms with Crippen LogP contribution in [-0.4, -0.2) is 14.2 Å². The van der Waals surface area contributed by atoms with Gasteiger partial charge in [-0.2, -0.15) is 0 Å². The van der Waals surface area contributed by atoms with Gasteiger partial charge in [0.15, 0.2) is 0 Å². The van der Waals surface area contributed by atoms with Crippen LogP contribution in [0.2, 0.25) is 5.02 Å². The van der Waals surface area contributed by atoms with Crippen molar-refractivity contribution in [2.75, 3.05) is 14.2 Å². The third-order valence-corrected chi connectivity index (χ3v) is 3.84. The molecular weight excluding hydrogens is 270 g/mol. The van der Waals surface area contributed by atoms with E-state index in [1.165, 1.54) is 11.1 Å². The van der Waals surface area contributed by atoms with Crippen LogP contribution in [0.5, 0.6) is 5.75 Å². The van der Waals surface area contributed by atoms with Crippen LogP contribution in [-0.2, 0) is 6.42 Å². The first-order valence-electron chi connectivity index (χ1n) is 6.79. The van der Waals surface area contributed by atoms with Crippen LogP contribution < -0.4 is 10.1 Å². The topological polar surface area (TPSA) is 21.3 Å². The molecule has 1 unspecified atom stereocenters. The highest BCUT2D eigenvalue weighted by Crippen LogP contribution is 2.31. The van der Waals surface area contributed by atoms with Gasteiger partial charge in [0, 0.05) is 0 Å². The molecule has 2 nitrogen and oxygen atoms in total. The number of hydrogen-bond acceptors (Lipinski definition) is 2. The number of methoxy groups -OCH3 is 1. The van der Waals surface area contributed by atoms with Crippen LogP contribution >= 0.6 is 11.6 Å². The van der Waals surface area contributed by atoms with Crippen LogP contribution in [0.1, 0.15) is 29.7 Å². The molecule has 2 rings (SSSR count). The summed E-state index contributed by atoms with van der Waals surface area (Å²) in [6.45, 7) is 2.17. The Kier molecular flexibility index (Phi) is 5.05. The molecule has 20 heavy (non-hydrogen) atoms. The highest BCUT2D eigenvalue weighted by Gasteiger charge is 2.16. The molecule has 0 saturated heterocycles. The number of rotatable bonds is 5. The summed E-state index contributed by atoms with van der Waals surface area (Å²) >= 11 is 6.24. The van der Waals surface area contributed by atoms with E-state index in [-0.39, 0.29) is 6.04 Å². The summed E-state index contributed by atoms with van der Waals surface area (Å²) in [4.78, 5) is 0. The van der Waals surface area contributed by atoms with Gasteiger partial charge in [0.05, 0.1) is 18.2 Å². The number of hydrogen-bond donors (Lipinski definition) is 1. The van der Waals surface area contributed by atoms with Crippen LogP contribution in [0.4, 0.5) is 0 Å². The Labute approximate surface area is 125 Å². The van der Waals surface area contributed by atoms with Gasteiger partial charge in [0.25, 0.3) is 0 Å². The lowest BCUT2D eigenvalue weighted by molar-refractivity contribution is 0.414. The van der Waals surface area contributed by atoms with Crippen molar-refractivity contribution in [1.82, 2.24) is 5.32 Å². The van der Waals surface area contributed by atoms with Gasteiger partial charge in [0.1, 0.15) is 5.75 Å². The average Bonchev–Trinajstić information content (AvgIpc) is 2.49. The highest BCUT2D eigenvalue weighted by molar-refractivity contribution is 6.32. The Hall–Kier alpha value is -1.51. The second-order valence-electron chi connectivity index (χ2n) is 4.67. The minimum absolute atomic E-state index is 0.134. The molecule has 0 bridgehead atoms. The Morgan fingerprint density at radius 1 is 1.20 bits per heavy atom. The zero-order valence-electron chi connectivity index (χ0n) is 12.1. The van der Waals surface area contributed by atoms with Crippen LogP contribution in [0.25, 0.3) is 0 Å². The maximum Gasteiger partial charge on any atom is 0.137 e. The summed E-state index contributed by atoms with van der Waals surface area (Å²) in [5, 5.41) is 4.01. The fraction of sp³-hybridized carbons (Fsp3) is 0.294. The van der Waals surface area contributed by atoms with E-state index in [1.54, 1.807) is 7.11 Å². The lowest BCUT2D eigenvalue weighted by Gasteiger charge is -2.21. The van der Waals surface area contributed by atoms with Crippen molar-refractivity contribution in [3.05, 3.63) is 64.2 Å². The first kappa shape index (κ1) is 14.9. The Balaban J connectivity index is 2.44. The van der Waals surface area contributed by atoms with Gasteiger partial charge in [-0.15, -0.1) is 0 Å². The van der Waals surface area contributed by atoms with Crippen LogP contribution in [0.3, 0.4) is 0 Å². The predicted octanol–water partition coefficient (Wildman–Crippen LogP) is 4.22. The SMILES string of the molecule is CCc1ccccc1C(NC)c1ccc(OC)c(Cl)c1. The molecule has 0 aliphatic heterocycles. The molecule has 0 fully saturated rings. The van der Waals surface area contributed by atoms with Crippen LogP contribution in [0, 0.1) is 0 Å². The number of ether oxygens (including phenoxy) is 1. The van der Waals surface area contributed by atoms with E-state index in [4.69, 9.17) is 16.3 Å². The van der Waals surface area contributed by atoms with E-state index >= 15 is 0 Å². The number of nitrogens with one attached hydrogen (secondary N) is 1.